The summed E-state index contributed by atoms with van der Waals surface area (Å²) in [5, 5.41) is 3.35. The van der Waals surface area contributed by atoms with Crippen LogP contribution in [0, 0.1) is 0 Å². The minimum absolute atomic E-state index is 0.00444. The number of alkyl halides is 3. The average Bonchev–Trinajstić information content (AvgIpc) is 3.40. The first-order valence-corrected chi connectivity index (χ1v) is 11.5. The van der Waals surface area contributed by atoms with Crippen molar-refractivity contribution in [2.24, 2.45) is 7.05 Å². The van der Waals surface area contributed by atoms with E-state index in [9.17, 15) is 21.6 Å². The molecule has 0 radical (unpaired) electrons. The van der Waals surface area contributed by atoms with E-state index in [-0.39, 0.29) is 30.1 Å². The van der Waals surface area contributed by atoms with Crippen LogP contribution >= 0.6 is 0 Å². The lowest BCUT2D eigenvalue weighted by molar-refractivity contribution is -0.137. The van der Waals surface area contributed by atoms with Crippen molar-refractivity contribution in [3.8, 4) is 0 Å². The van der Waals surface area contributed by atoms with Gasteiger partial charge in [-0.2, -0.15) is 17.5 Å². The number of aromatic nitrogens is 2. The van der Waals surface area contributed by atoms with Gasteiger partial charge in [0.25, 0.3) is 10.0 Å². The highest BCUT2D eigenvalue weighted by Crippen LogP contribution is 2.32. The Hall–Kier alpha value is -2.69. The van der Waals surface area contributed by atoms with E-state index in [1.807, 2.05) is 30.3 Å². The Morgan fingerprint density at radius 1 is 1.06 bits per heavy atom. The maximum absolute atomic E-state index is 13.1. The molecule has 0 aliphatic carbocycles. The zero-order chi connectivity index (χ0) is 22.9. The van der Waals surface area contributed by atoms with Crippen molar-refractivity contribution in [1.29, 1.82) is 0 Å². The van der Waals surface area contributed by atoms with E-state index in [1.165, 1.54) is 29.0 Å². The summed E-state index contributed by atoms with van der Waals surface area (Å²) in [5.74, 6) is -0.107. The summed E-state index contributed by atoms with van der Waals surface area (Å²) in [6.07, 6.45) is -1.47. The molecule has 0 bridgehead atoms. The number of nitrogens with zero attached hydrogens (tertiary/aromatic N) is 3. The highest BCUT2D eigenvalue weighted by Gasteiger charge is 2.40. The molecule has 32 heavy (non-hydrogen) atoms. The fraction of sp³-hybridized carbons (Fsp3) is 0.318. The minimum Gasteiger partial charge on any atom is -0.339 e. The molecular weight excluding hydrogens is 441 g/mol. The van der Waals surface area contributed by atoms with Crippen LogP contribution in [-0.2, 0) is 29.8 Å². The Bertz CT molecular complexity index is 1160. The lowest BCUT2D eigenvalue weighted by Gasteiger charge is -2.20. The molecule has 4 rings (SSSR count). The van der Waals surface area contributed by atoms with Crippen LogP contribution in [0.25, 0.3) is 0 Å². The third-order valence-corrected chi connectivity index (χ3v) is 7.37. The van der Waals surface area contributed by atoms with Crippen LogP contribution in [0.3, 0.4) is 0 Å². The van der Waals surface area contributed by atoms with E-state index < -0.39 is 21.8 Å². The molecule has 1 saturated heterocycles. The molecular formula is C22H23F3N4O2S. The second kappa shape index (κ2) is 8.68. The van der Waals surface area contributed by atoms with Gasteiger partial charge in [-0.15, -0.1) is 0 Å². The van der Waals surface area contributed by atoms with Crippen molar-refractivity contribution in [1.82, 2.24) is 19.2 Å². The quantitative estimate of drug-likeness (QED) is 0.608. The Balaban J connectivity index is 1.53. The first kappa shape index (κ1) is 22.5. The van der Waals surface area contributed by atoms with Gasteiger partial charge < -0.3 is 9.88 Å². The molecule has 10 heteroatoms. The molecule has 1 aromatic heterocycles. The van der Waals surface area contributed by atoms with Gasteiger partial charge in [0, 0.05) is 44.8 Å². The summed E-state index contributed by atoms with van der Waals surface area (Å²) in [6, 6.07) is 14.4. The zero-order valence-electron chi connectivity index (χ0n) is 17.3. The molecule has 6 nitrogen and oxygen atoms in total. The van der Waals surface area contributed by atoms with Gasteiger partial charge in [0.1, 0.15) is 0 Å². The molecule has 2 unspecified atom stereocenters. The number of sulfonamides is 1. The van der Waals surface area contributed by atoms with Gasteiger partial charge in [-0.1, -0.05) is 42.5 Å². The Kier molecular flexibility index (Phi) is 6.11. The van der Waals surface area contributed by atoms with E-state index in [4.69, 9.17) is 0 Å². The molecule has 0 saturated carbocycles. The van der Waals surface area contributed by atoms with Gasteiger partial charge in [0.15, 0.2) is 5.03 Å². The molecule has 1 N–H and O–H groups in total. The summed E-state index contributed by atoms with van der Waals surface area (Å²) in [6.45, 7) is 0.844. The lowest BCUT2D eigenvalue weighted by Crippen LogP contribution is -2.36. The standard InChI is InChI=1S/C22H23F3N4O2S/c1-28-14-21(27-15-28)32(30,31)29-12-19(17-5-3-2-4-6-17)20(13-29)26-11-16-7-9-18(10-8-16)22(23,24)25/h2-10,14-15,19-20,26H,11-13H2,1H3. The monoisotopic (exact) mass is 464 g/mol. The zero-order valence-corrected chi connectivity index (χ0v) is 18.1. The van der Waals surface area contributed by atoms with Crippen molar-refractivity contribution < 1.29 is 21.6 Å². The largest absolute Gasteiger partial charge is 0.416 e. The predicted octanol–water partition coefficient (Wildman–Crippen LogP) is 3.39. The maximum atomic E-state index is 13.1. The number of aryl methyl sites for hydroxylation is 1. The van der Waals surface area contributed by atoms with Crippen LogP contribution in [0.2, 0.25) is 0 Å². The summed E-state index contributed by atoms with van der Waals surface area (Å²) >= 11 is 0. The van der Waals surface area contributed by atoms with Gasteiger partial charge in [-0.25, -0.2) is 13.4 Å². The van der Waals surface area contributed by atoms with Gasteiger partial charge in [0.2, 0.25) is 0 Å². The van der Waals surface area contributed by atoms with E-state index in [0.29, 0.717) is 12.1 Å². The van der Waals surface area contributed by atoms with Crippen LogP contribution < -0.4 is 5.32 Å². The smallest absolute Gasteiger partial charge is 0.339 e. The number of rotatable bonds is 6. The molecule has 2 heterocycles. The summed E-state index contributed by atoms with van der Waals surface area (Å²) in [5.41, 5.74) is 0.990. The lowest BCUT2D eigenvalue weighted by atomic mass is 9.94. The Labute approximate surface area is 184 Å². The number of hydrogen-bond donors (Lipinski definition) is 1. The minimum atomic E-state index is -4.38. The number of nitrogens with one attached hydrogen (secondary N) is 1. The predicted molar refractivity (Wildman–Crippen MR) is 113 cm³/mol. The fourth-order valence-corrected chi connectivity index (χ4v) is 5.38. The second-order valence-corrected chi connectivity index (χ2v) is 9.78. The topological polar surface area (TPSA) is 67.2 Å². The molecule has 2 atom stereocenters. The van der Waals surface area contributed by atoms with Crippen LogP contribution in [0.5, 0.6) is 0 Å². The SMILES string of the molecule is Cn1cnc(S(=O)(=O)N2CC(NCc3ccc(C(F)(F)F)cc3)C(c3ccccc3)C2)c1. The van der Waals surface area contributed by atoms with E-state index in [1.54, 1.807) is 11.6 Å². The molecule has 2 aromatic carbocycles. The van der Waals surface area contributed by atoms with Crippen molar-refractivity contribution in [2.45, 2.75) is 29.7 Å². The first-order chi connectivity index (χ1) is 15.1. The van der Waals surface area contributed by atoms with E-state index in [0.717, 1.165) is 17.7 Å². The third-order valence-electron chi connectivity index (χ3n) is 5.65. The van der Waals surface area contributed by atoms with Crippen molar-refractivity contribution in [2.75, 3.05) is 13.1 Å². The second-order valence-electron chi connectivity index (χ2n) is 7.90. The average molecular weight is 465 g/mol. The van der Waals surface area contributed by atoms with Crippen molar-refractivity contribution in [3.05, 3.63) is 83.8 Å². The molecule has 1 fully saturated rings. The first-order valence-electron chi connectivity index (χ1n) is 10.1. The van der Waals surface area contributed by atoms with Gasteiger partial charge in [-0.3, -0.25) is 0 Å². The van der Waals surface area contributed by atoms with Gasteiger partial charge in [-0.05, 0) is 23.3 Å². The van der Waals surface area contributed by atoms with Crippen molar-refractivity contribution >= 4 is 10.0 Å². The van der Waals surface area contributed by atoms with Crippen LogP contribution in [0.4, 0.5) is 13.2 Å². The Morgan fingerprint density at radius 2 is 1.75 bits per heavy atom. The highest BCUT2D eigenvalue weighted by molar-refractivity contribution is 7.89. The third kappa shape index (κ3) is 4.72. The summed E-state index contributed by atoms with van der Waals surface area (Å²) < 4.78 is 67.6. The molecule has 0 spiro atoms. The number of hydrogen-bond acceptors (Lipinski definition) is 4. The number of imidazole rings is 1. The molecule has 1 aliphatic rings. The van der Waals surface area contributed by atoms with Gasteiger partial charge >= 0.3 is 6.18 Å². The fourth-order valence-electron chi connectivity index (χ4n) is 3.92. The van der Waals surface area contributed by atoms with Crippen LogP contribution in [0.15, 0.2) is 72.1 Å². The number of halogens is 3. The Morgan fingerprint density at radius 3 is 2.34 bits per heavy atom. The van der Waals surface area contributed by atoms with Crippen molar-refractivity contribution in [3.63, 3.8) is 0 Å². The number of benzene rings is 2. The summed E-state index contributed by atoms with van der Waals surface area (Å²) in [7, 11) is -2.05. The van der Waals surface area contributed by atoms with E-state index in [2.05, 4.69) is 10.3 Å². The van der Waals surface area contributed by atoms with Crippen LogP contribution in [0.1, 0.15) is 22.6 Å². The summed E-state index contributed by atoms with van der Waals surface area (Å²) in [4.78, 5) is 4.00. The normalized spacial score (nSPS) is 20.0. The molecule has 170 valence electrons. The molecule has 1 aliphatic heterocycles. The maximum Gasteiger partial charge on any atom is 0.416 e. The highest BCUT2D eigenvalue weighted by atomic mass is 32.2. The van der Waals surface area contributed by atoms with E-state index >= 15 is 0 Å². The van der Waals surface area contributed by atoms with Gasteiger partial charge in [0.05, 0.1) is 11.9 Å². The molecule has 3 aromatic rings. The van der Waals surface area contributed by atoms with Crippen LogP contribution in [-0.4, -0.2) is 41.4 Å². The molecule has 0 amide bonds.